The topological polar surface area (TPSA) is 29.3 Å². The number of hydrogen-bond acceptors (Lipinski definition) is 2. The molecular weight excluding hydrogens is 220 g/mol. The SMILES string of the molecule is CN(CC1CC(N)C1)c1cccc2ccccc12. The summed E-state index contributed by atoms with van der Waals surface area (Å²) in [4.78, 5) is 2.37. The van der Waals surface area contributed by atoms with Crippen LogP contribution in [0.15, 0.2) is 42.5 Å². The van der Waals surface area contributed by atoms with E-state index in [1.807, 2.05) is 0 Å². The average Bonchev–Trinajstić information content (AvgIpc) is 2.36. The lowest BCUT2D eigenvalue weighted by Gasteiger charge is -2.36. The maximum atomic E-state index is 5.86. The molecule has 0 aromatic heterocycles. The van der Waals surface area contributed by atoms with Crippen LogP contribution in [0, 0.1) is 5.92 Å². The van der Waals surface area contributed by atoms with Crippen LogP contribution in [-0.2, 0) is 0 Å². The van der Waals surface area contributed by atoms with Gasteiger partial charge < -0.3 is 10.6 Å². The van der Waals surface area contributed by atoms with Gasteiger partial charge in [0.15, 0.2) is 0 Å². The molecule has 0 heterocycles. The van der Waals surface area contributed by atoms with Gasteiger partial charge in [0.2, 0.25) is 0 Å². The van der Waals surface area contributed by atoms with Crippen molar-refractivity contribution in [2.75, 3.05) is 18.5 Å². The van der Waals surface area contributed by atoms with Gasteiger partial charge in [0, 0.05) is 30.7 Å². The van der Waals surface area contributed by atoms with E-state index < -0.39 is 0 Å². The number of anilines is 1. The Balaban J connectivity index is 1.84. The van der Waals surface area contributed by atoms with Crippen molar-refractivity contribution < 1.29 is 0 Å². The van der Waals surface area contributed by atoms with Gasteiger partial charge >= 0.3 is 0 Å². The molecule has 1 saturated carbocycles. The third-order valence-electron chi connectivity index (χ3n) is 3.98. The molecule has 94 valence electrons. The number of nitrogens with two attached hydrogens (primary N) is 1. The third kappa shape index (κ3) is 2.08. The summed E-state index contributed by atoms with van der Waals surface area (Å²) in [5, 5.41) is 2.65. The lowest BCUT2D eigenvalue weighted by atomic mass is 9.80. The minimum absolute atomic E-state index is 0.441. The smallest absolute Gasteiger partial charge is 0.0443 e. The van der Waals surface area contributed by atoms with Gasteiger partial charge in [0.25, 0.3) is 0 Å². The molecule has 0 aliphatic heterocycles. The molecule has 0 atom stereocenters. The molecule has 2 nitrogen and oxygen atoms in total. The maximum absolute atomic E-state index is 5.86. The highest BCUT2D eigenvalue weighted by Crippen LogP contribution is 2.30. The number of benzene rings is 2. The number of rotatable bonds is 3. The van der Waals surface area contributed by atoms with Crippen LogP contribution >= 0.6 is 0 Å². The van der Waals surface area contributed by atoms with Crippen LogP contribution in [-0.4, -0.2) is 19.6 Å². The highest BCUT2D eigenvalue weighted by Gasteiger charge is 2.26. The van der Waals surface area contributed by atoms with E-state index in [-0.39, 0.29) is 0 Å². The van der Waals surface area contributed by atoms with Gasteiger partial charge in [-0.25, -0.2) is 0 Å². The van der Waals surface area contributed by atoms with E-state index in [1.54, 1.807) is 0 Å². The molecule has 1 aliphatic carbocycles. The Morgan fingerprint density at radius 1 is 1.11 bits per heavy atom. The van der Waals surface area contributed by atoms with Crippen molar-refractivity contribution >= 4 is 16.5 Å². The van der Waals surface area contributed by atoms with Gasteiger partial charge in [-0.2, -0.15) is 0 Å². The van der Waals surface area contributed by atoms with Crippen molar-refractivity contribution in [3.8, 4) is 0 Å². The van der Waals surface area contributed by atoms with Crippen LogP contribution in [0.5, 0.6) is 0 Å². The molecule has 2 heteroatoms. The predicted octanol–water partition coefficient (Wildman–Crippen LogP) is 3.01. The van der Waals surface area contributed by atoms with E-state index >= 15 is 0 Å². The minimum Gasteiger partial charge on any atom is -0.374 e. The molecule has 18 heavy (non-hydrogen) atoms. The zero-order chi connectivity index (χ0) is 12.5. The summed E-state index contributed by atoms with van der Waals surface area (Å²) in [5.41, 5.74) is 7.18. The van der Waals surface area contributed by atoms with Gasteiger partial charge in [0.1, 0.15) is 0 Å². The first-order valence-corrected chi connectivity index (χ1v) is 6.68. The molecule has 2 N–H and O–H groups in total. The summed E-state index contributed by atoms with van der Waals surface area (Å²) < 4.78 is 0. The zero-order valence-electron chi connectivity index (χ0n) is 10.8. The highest BCUT2D eigenvalue weighted by atomic mass is 15.1. The number of nitrogens with zero attached hydrogens (tertiary/aromatic N) is 1. The number of hydrogen-bond donors (Lipinski definition) is 1. The number of fused-ring (bicyclic) bond motifs is 1. The second-order valence-corrected chi connectivity index (χ2v) is 5.48. The first-order chi connectivity index (χ1) is 8.74. The molecule has 0 saturated heterocycles. The normalized spacial score (nSPS) is 22.8. The van der Waals surface area contributed by atoms with Crippen molar-refractivity contribution in [3.63, 3.8) is 0 Å². The molecule has 0 radical (unpaired) electrons. The molecule has 0 bridgehead atoms. The zero-order valence-corrected chi connectivity index (χ0v) is 10.8. The summed E-state index contributed by atoms with van der Waals surface area (Å²) >= 11 is 0. The van der Waals surface area contributed by atoms with Crippen LogP contribution in [0.3, 0.4) is 0 Å². The summed E-state index contributed by atoms with van der Waals surface area (Å²) in [5.74, 6) is 0.768. The van der Waals surface area contributed by atoms with Crippen LogP contribution in [0.4, 0.5) is 5.69 Å². The predicted molar refractivity (Wildman–Crippen MR) is 77.9 cm³/mol. The van der Waals surface area contributed by atoms with Crippen molar-refractivity contribution in [1.29, 1.82) is 0 Å². The quantitative estimate of drug-likeness (QED) is 0.893. The van der Waals surface area contributed by atoms with Crippen LogP contribution in [0.25, 0.3) is 10.8 Å². The molecule has 1 aliphatic rings. The monoisotopic (exact) mass is 240 g/mol. The van der Waals surface area contributed by atoms with Crippen molar-refractivity contribution in [2.45, 2.75) is 18.9 Å². The van der Waals surface area contributed by atoms with Crippen LogP contribution in [0.1, 0.15) is 12.8 Å². The van der Waals surface area contributed by atoms with Crippen LogP contribution in [0.2, 0.25) is 0 Å². The summed E-state index contributed by atoms with van der Waals surface area (Å²) in [7, 11) is 2.19. The van der Waals surface area contributed by atoms with Gasteiger partial charge in [-0.05, 0) is 30.2 Å². The lowest BCUT2D eigenvalue weighted by Crippen LogP contribution is -2.41. The van der Waals surface area contributed by atoms with Crippen molar-refractivity contribution in [1.82, 2.24) is 0 Å². The Bertz CT molecular complexity index is 538. The summed E-state index contributed by atoms with van der Waals surface area (Å²) in [6.07, 6.45) is 2.35. The molecule has 0 unspecified atom stereocenters. The van der Waals surface area contributed by atoms with Gasteiger partial charge in [-0.15, -0.1) is 0 Å². The Hall–Kier alpha value is -1.54. The first-order valence-electron chi connectivity index (χ1n) is 6.68. The third-order valence-corrected chi connectivity index (χ3v) is 3.98. The fourth-order valence-electron chi connectivity index (χ4n) is 2.96. The van der Waals surface area contributed by atoms with Gasteiger partial charge in [0.05, 0.1) is 0 Å². The van der Waals surface area contributed by atoms with E-state index in [2.05, 4.69) is 54.4 Å². The van der Waals surface area contributed by atoms with Gasteiger partial charge in [-0.1, -0.05) is 36.4 Å². The molecule has 0 spiro atoms. The highest BCUT2D eigenvalue weighted by molar-refractivity contribution is 5.94. The van der Waals surface area contributed by atoms with Crippen molar-refractivity contribution in [3.05, 3.63) is 42.5 Å². The minimum atomic E-state index is 0.441. The molecule has 3 rings (SSSR count). The molecular formula is C16H20N2. The maximum Gasteiger partial charge on any atom is 0.0443 e. The van der Waals surface area contributed by atoms with Gasteiger partial charge in [-0.3, -0.25) is 0 Å². The fraction of sp³-hybridized carbons (Fsp3) is 0.375. The molecule has 2 aromatic carbocycles. The summed E-state index contributed by atoms with van der Waals surface area (Å²) in [6, 6.07) is 15.5. The van der Waals surface area contributed by atoms with E-state index in [0.29, 0.717) is 6.04 Å². The van der Waals surface area contributed by atoms with Crippen LogP contribution < -0.4 is 10.6 Å². The lowest BCUT2D eigenvalue weighted by molar-refractivity contribution is 0.271. The van der Waals surface area contributed by atoms with E-state index in [9.17, 15) is 0 Å². The summed E-state index contributed by atoms with van der Waals surface area (Å²) in [6.45, 7) is 1.11. The Morgan fingerprint density at radius 3 is 2.61 bits per heavy atom. The fourth-order valence-corrected chi connectivity index (χ4v) is 2.96. The van der Waals surface area contributed by atoms with E-state index in [0.717, 1.165) is 12.5 Å². The average molecular weight is 240 g/mol. The first kappa shape index (κ1) is 11.5. The standard InChI is InChI=1S/C16H20N2/c1-18(11-12-9-14(17)10-12)16-8-4-6-13-5-2-3-7-15(13)16/h2-8,12,14H,9-11,17H2,1H3. The van der Waals surface area contributed by atoms with E-state index in [1.165, 1.54) is 29.3 Å². The molecule has 2 aromatic rings. The second kappa shape index (κ2) is 4.62. The Kier molecular flexibility index (Phi) is 2.96. The second-order valence-electron chi connectivity index (χ2n) is 5.48. The Morgan fingerprint density at radius 2 is 1.83 bits per heavy atom. The molecule has 0 amide bonds. The van der Waals surface area contributed by atoms with Crippen molar-refractivity contribution in [2.24, 2.45) is 11.7 Å². The van der Waals surface area contributed by atoms with E-state index in [4.69, 9.17) is 5.73 Å². The molecule has 1 fully saturated rings. The largest absolute Gasteiger partial charge is 0.374 e. The Labute approximate surface area is 108 Å².